The highest BCUT2D eigenvalue weighted by Crippen LogP contribution is 2.18. The molecule has 0 unspecified atom stereocenters. The maximum absolute atomic E-state index is 12.2. The van der Waals surface area contributed by atoms with E-state index in [-0.39, 0.29) is 22.7 Å². The molecule has 2 rings (SSSR count). The Balaban J connectivity index is 1.70. The second-order valence-corrected chi connectivity index (χ2v) is 10.8. The Hall–Kier alpha value is -1.89. The van der Waals surface area contributed by atoms with Crippen LogP contribution < -0.4 is 4.90 Å². The van der Waals surface area contributed by atoms with E-state index in [4.69, 9.17) is 0 Å². The Kier molecular flexibility index (Phi) is 8.68. The van der Waals surface area contributed by atoms with Crippen LogP contribution in [0.25, 0.3) is 0 Å². The van der Waals surface area contributed by atoms with Gasteiger partial charge in [-0.15, -0.1) is 0 Å². The van der Waals surface area contributed by atoms with Crippen molar-refractivity contribution in [3.05, 3.63) is 29.8 Å². The first-order valence-electron chi connectivity index (χ1n) is 10.5. The molecule has 1 aliphatic heterocycles. The number of sulfone groups is 1. The zero-order chi connectivity index (χ0) is 21.4. The van der Waals surface area contributed by atoms with Crippen LogP contribution in [0.15, 0.2) is 24.3 Å². The van der Waals surface area contributed by atoms with Crippen LogP contribution in [0.5, 0.6) is 0 Å². The molecule has 0 aliphatic carbocycles. The van der Waals surface area contributed by atoms with Gasteiger partial charge in [-0.3, -0.25) is 9.59 Å². The van der Waals surface area contributed by atoms with Gasteiger partial charge in [0.1, 0.15) is 5.78 Å². The number of hydrogen-bond acceptors (Lipinski definition) is 5. The molecule has 29 heavy (non-hydrogen) atoms. The zero-order valence-corrected chi connectivity index (χ0v) is 18.7. The van der Waals surface area contributed by atoms with Crippen LogP contribution in [-0.2, 0) is 25.8 Å². The quantitative estimate of drug-likeness (QED) is 0.542. The van der Waals surface area contributed by atoms with E-state index >= 15 is 0 Å². The number of piperazine rings is 1. The van der Waals surface area contributed by atoms with Crippen LogP contribution in [0.1, 0.15) is 52.0 Å². The monoisotopic (exact) mass is 422 g/mol. The van der Waals surface area contributed by atoms with Crippen LogP contribution in [-0.4, -0.2) is 62.2 Å². The van der Waals surface area contributed by atoms with Crippen molar-refractivity contribution >= 4 is 27.2 Å². The number of anilines is 1. The summed E-state index contributed by atoms with van der Waals surface area (Å²) in [5.74, 6) is 0.528. The minimum atomic E-state index is -2.98. The molecule has 0 N–H and O–H groups in total. The summed E-state index contributed by atoms with van der Waals surface area (Å²) < 4.78 is 23.5. The third kappa shape index (κ3) is 7.46. The summed E-state index contributed by atoms with van der Waals surface area (Å²) in [4.78, 5) is 27.7. The van der Waals surface area contributed by atoms with Crippen molar-refractivity contribution in [1.29, 1.82) is 0 Å². The molecule has 0 saturated carbocycles. The van der Waals surface area contributed by atoms with E-state index < -0.39 is 9.84 Å². The van der Waals surface area contributed by atoms with Crippen molar-refractivity contribution in [1.82, 2.24) is 4.90 Å². The number of hydrogen-bond donors (Lipinski definition) is 0. The molecule has 1 heterocycles. The third-order valence-electron chi connectivity index (χ3n) is 5.53. The van der Waals surface area contributed by atoms with Crippen molar-refractivity contribution in [2.75, 3.05) is 36.8 Å². The summed E-state index contributed by atoms with van der Waals surface area (Å²) in [7, 11) is -2.98. The molecule has 0 bridgehead atoms. The lowest BCUT2D eigenvalue weighted by atomic mass is 10.0. The van der Waals surface area contributed by atoms with Gasteiger partial charge in [-0.1, -0.05) is 18.6 Å². The topological polar surface area (TPSA) is 74.8 Å². The van der Waals surface area contributed by atoms with E-state index in [2.05, 4.69) is 4.90 Å². The first-order chi connectivity index (χ1) is 13.7. The minimum Gasteiger partial charge on any atom is -0.368 e. The Morgan fingerprint density at radius 1 is 0.966 bits per heavy atom. The second kappa shape index (κ2) is 10.8. The Morgan fingerprint density at radius 3 is 2.14 bits per heavy atom. The number of ketones is 1. The lowest BCUT2D eigenvalue weighted by Gasteiger charge is -2.35. The van der Waals surface area contributed by atoms with Gasteiger partial charge in [-0.05, 0) is 44.4 Å². The van der Waals surface area contributed by atoms with Gasteiger partial charge in [-0.25, -0.2) is 8.42 Å². The van der Waals surface area contributed by atoms with Crippen LogP contribution in [0.2, 0.25) is 0 Å². The molecule has 1 aromatic carbocycles. The largest absolute Gasteiger partial charge is 0.368 e. The van der Waals surface area contributed by atoms with Gasteiger partial charge in [-0.2, -0.15) is 0 Å². The lowest BCUT2D eigenvalue weighted by molar-refractivity contribution is -0.129. The van der Waals surface area contributed by atoms with Gasteiger partial charge in [0.2, 0.25) is 5.91 Å². The second-order valence-electron chi connectivity index (χ2n) is 8.10. The van der Waals surface area contributed by atoms with E-state index in [1.165, 1.54) is 0 Å². The molecular weight excluding hydrogens is 388 g/mol. The Morgan fingerprint density at radius 2 is 1.59 bits per heavy atom. The SMILES string of the molecule is CC(=O)N1CCN(c2ccc(CC(=O)CCCCCS(=O)(=O)C(C)C)cc2)CC1. The molecule has 1 saturated heterocycles. The summed E-state index contributed by atoms with van der Waals surface area (Å²) in [6, 6.07) is 8.09. The molecule has 0 atom stereocenters. The van der Waals surface area contributed by atoms with Crippen LogP contribution in [0, 0.1) is 0 Å². The number of nitrogens with zero attached hydrogens (tertiary/aromatic N) is 2. The van der Waals surface area contributed by atoms with Crippen molar-refractivity contribution in [2.45, 2.75) is 58.1 Å². The molecule has 1 amide bonds. The number of unbranched alkanes of at least 4 members (excludes halogenated alkanes) is 2. The molecule has 162 valence electrons. The summed E-state index contributed by atoms with van der Waals surface area (Å²) >= 11 is 0. The third-order valence-corrected chi connectivity index (χ3v) is 7.82. The minimum absolute atomic E-state index is 0.125. The van der Waals surface area contributed by atoms with Crippen LogP contribution in [0.3, 0.4) is 0 Å². The van der Waals surface area contributed by atoms with Gasteiger partial charge < -0.3 is 9.80 Å². The Bertz CT molecular complexity index is 780. The fraction of sp³-hybridized carbons (Fsp3) is 0.636. The fourth-order valence-corrected chi connectivity index (χ4v) is 4.54. The maximum atomic E-state index is 12.2. The molecule has 1 aromatic rings. The van der Waals surface area contributed by atoms with Gasteiger partial charge in [0, 0.05) is 51.6 Å². The van der Waals surface area contributed by atoms with Gasteiger partial charge in [0.25, 0.3) is 0 Å². The Labute approximate surface area is 175 Å². The lowest BCUT2D eigenvalue weighted by Crippen LogP contribution is -2.48. The van der Waals surface area contributed by atoms with Crippen LogP contribution in [0.4, 0.5) is 5.69 Å². The molecule has 1 fully saturated rings. The molecule has 0 spiro atoms. The smallest absolute Gasteiger partial charge is 0.219 e. The van der Waals surface area contributed by atoms with Crippen molar-refractivity contribution in [3.8, 4) is 0 Å². The summed E-state index contributed by atoms with van der Waals surface area (Å²) in [5.41, 5.74) is 2.12. The van der Waals surface area contributed by atoms with Crippen molar-refractivity contribution in [3.63, 3.8) is 0 Å². The zero-order valence-electron chi connectivity index (χ0n) is 17.9. The number of benzene rings is 1. The molecule has 7 heteroatoms. The van der Waals surface area contributed by atoms with E-state index in [0.29, 0.717) is 19.3 Å². The van der Waals surface area contributed by atoms with E-state index in [1.54, 1.807) is 20.8 Å². The van der Waals surface area contributed by atoms with Crippen molar-refractivity contribution in [2.24, 2.45) is 0 Å². The standard InChI is InChI=1S/C22H34N2O4S/c1-18(2)29(27,28)16-6-4-5-7-22(26)17-20-8-10-21(11-9-20)24-14-12-23(13-15-24)19(3)25/h8-11,18H,4-7,12-17H2,1-3H3. The fourth-order valence-electron chi connectivity index (χ4n) is 3.46. The highest BCUT2D eigenvalue weighted by Gasteiger charge is 2.19. The number of carbonyl (C=O) groups excluding carboxylic acids is 2. The first-order valence-corrected chi connectivity index (χ1v) is 12.2. The predicted molar refractivity (Wildman–Crippen MR) is 117 cm³/mol. The molecule has 1 aliphatic rings. The highest BCUT2D eigenvalue weighted by atomic mass is 32.2. The van der Waals surface area contributed by atoms with Crippen LogP contribution >= 0.6 is 0 Å². The van der Waals surface area contributed by atoms with Crippen molar-refractivity contribution < 1.29 is 18.0 Å². The summed E-state index contributed by atoms with van der Waals surface area (Å²) in [6.45, 7) is 8.15. The molecule has 0 aromatic heterocycles. The summed E-state index contributed by atoms with van der Waals surface area (Å²) in [6.07, 6.45) is 3.05. The number of amides is 1. The average molecular weight is 423 g/mol. The summed E-state index contributed by atoms with van der Waals surface area (Å²) in [5, 5.41) is -0.329. The maximum Gasteiger partial charge on any atom is 0.219 e. The van der Waals surface area contributed by atoms with Gasteiger partial charge in [0.05, 0.1) is 11.0 Å². The number of Topliss-reactive ketones (excluding diaryl/α,β-unsaturated/α-hetero) is 1. The van der Waals surface area contributed by atoms with E-state index in [0.717, 1.165) is 50.3 Å². The number of carbonyl (C=O) groups is 2. The predicted octanol–water partition coefficient (Wildman–Crippen LogP) is 2.85. The van der Waals surface area contributed by atoms with E-state index in [9.17, 15) is 18.0 Å². The highest BCUT2D eigenvalue weighted by molar-refractivity contribution is 7.91. The molecule has 6 nitrogen and oxygen atoms in total. The number of rotatable bonds is 10. The average Bonchev–Trinajstić information content (AvgIpc) is 2.68. The first kappa shape index (κ1) is 23.4. The molecular formula is C22H34N2O4S. The normalized spacial score (nSPS) is 15.0. The van der Waals surface area contributed by atoms with Gasteiger partial charge in [0.15, 0.2) is 9.84 Å². The van der Waals surface area contributed by atoms with E-state index in [1.807, 2.05) is 29.2 Å². The molecule has 0 radical (unpaired) electrons. The van der Waals surface area contributed by atoms with Gasteiger partial charge >= 0.3 is 0 Å².